The van der Waals surface area contributed by atoms with Crippen LogP contribution in [0.4, 0.5) is 5.69 Å². The number of thiocarbonyl (C=S) groups is 1. The summed E-state index contributed by atoms with van der Waals surface area (Å²) in [4.78, 5) is 13.1. The highest BCUT2D eigenvalue weighted by molar-refractivity contribution is 7.90. The summed E-state index contributed by atoms with van der Waals surface area (Å²) in [7, 11) is -3.45. The van der Waals surface area contributed by atoms with Crippen LogP contribution in [0.5, 0.6) is 0 Å². The SMILES string of the molecule is Cc1ccc(S(=O)(=O)Cc2ccc(NC(=S)N[C@H](Cc3ccccc3)C(=O)OC(C)(C)C)cc2)cc1. The standard InChI is InChI=1S/C28H32N2O4S2/c1-20-10-16-24(17-11-20)36(32,33)19-22-12-14-23(15-13-22)29-27(35)30-25(26(31)34-28(2,3)4)18-21-8-6-5-7-9-21/h5-17,25H,18-19H2,1-4H3,(H2,29,30,35)/t25-/m1/s1. The van der Waals surface area contributed by atoms with Crippen LogP contribution >= 0.6 is 12.2 Å². The summed E-state index contributed by atoms with van der Waals surface area (Å²) < 4.78 is 31.0. The van der Waals surface area contributed by atoms with Crippen LogP contribution in [0.2, 0.25) is 0 Å². The molecule has 0 radical (unpaired) electrons. The first kappa shape index (κ1) is 27.4. The number of nitrogens with one attached hydrogen (secondary N) is 2. The largest absolute Gasteiger partial charge is 0.458 e. The Morgan fingerprint density at radius 2 is 1.53 bits per heavy atom. The number of rotatable bonds is 8. The van der Waals surface area contributed by atoms with Crippen molar-refractivity contribution in [1.29, 1.82) is 0 Å². The molecule has 0 aliphatic heterocycles. The molecule has 0 aliphatic rings. The van der Waals surface area contributed by atoms with Crippen molar-refractivity contribution in [2.24, 2.45) is 0 Å². The summed E-state index contributed by atoms with van der Waals surface area (Å²) in [6, 6.07) is 22.8. The molecular weight excluding hydrogens is 492 g/mol. The molecule has 3 rings (SSSR count). The molecule has 2 N–H and O–H groups in total. The van der Waals surface area contributed by atoms with Gasteiger partial charge in [0.05, 0.1) is 10.6 Å². The van der Waals surface area contributed by atoms with Crippen LogP contribution in [0.3, 0.4) is 0 Å². The highest BCUT2D eigenvalue weighted by Crippen LogP contribution is 2.19. The number of ether oxygens (including phenoxy) is 1. The molecule has 36 heavy (non-hydrogen) atoms. The van der Waals surface area contributed by atoms with Gasteiger partial charge in [-0.3, -0.25) is 0 Å². The minimum atomic E-state index is -3.45. The van der Waals surface area contributed by atoms with Gasteiger partial charge < -0.3 is 15.4 Å². The van der Waals surface area contributed by atoms with Gasteiger partial charge in [0.2, 0.25) is 0 Å². The number of benzene rings is 3. The fraction of sp³-hybridized carbons (Fsp3) is 0.286. The van der Waals surface area contributed by atoms with Crippen LogP contribution in [0.15, 0.2) is 83.8 Å². The second kappa shape index (κ2) is 11.7. The Morgan fingerprint density at radius 3 is 2.11 bits per heavy atom. The highest BCUT2D eigenvalue weighted by Gasteiger charge is 2.26. The van der Waals surface area contributed by atoms with Crippen molar-refractivity contribution in [2.45, 2.75) is 56.4 Å². The number of carbonyl (C=O) groups is 1. The summed E-state index contributed by atoms with van der Waals surface area (Å²) in [6.45, 7) is 7.38. The van der Waals surface area contributed by atoms with E-state index in [9.17, 15) is 13.2 Å². The third kappa shape index (κ3) is 8.46. The second-order valence-corrected chi connectivity index (χ2v) is 12.0. The molecule has 0 bridgehead atoms. The first-order chi connectivity index (χ1) is 16.9. The molecule has 0 amide bonds. The number of anilines is 1. The highest BCUT2D eigenvalue weighted by atomic mass is 32.2. The number of sulfone groups is 1. The molecule has 1 atom stereocenters. The third-order valence-corrected chi connectivity index (χ3v) is 7.15. The fourth-order valence-electron chi connectivity index (χ4n) is 3.47. The van der Waals surface area contributed by atoms with E-state index in [1.807, 2.05) is 58.0 Å². The minimum absolute atomic E-state index is 0.100. The zero-order valence-electron chi connectivity index (χ0n) is 20.9. The number of hydrogen-bond acceptors (Lipinski definition) is 5. The van der Waals surface area contributed by atoms with Crippen molar-refractivity contribution in [3.63, 3.8) is 0 Å². The van der Waals surface area contributed by atoms with Gasteiger partial charge in [0, 0.05) is 12.1 Å². The molecule has 6 nitrogen and oxygen atoms in total. The lowest BCUT2D eigenvalue weighted by Crippen LogP contribution is -2.47. The monoisotopic (exact) mass is 524 g/mol. The average Bonchev–Trinajstić information content (AvgIpc) is 2.79. The maximum absolute atomic E-state index is 12.8. The van der Waals surface area contributed by atoms with E-state index in [0.29, 0.717) is 22.6 Å². The van der Waals surface area contributed by atoms with E-state index in [0.717, 1.165) is 11.1 Å². The fourth-order valence-corrected chi connectivity index (χ4v) is 5.08. The van der Waals surface area contributed by atoms with Crippen LogP contribution in [0.1, 0.15) is 37.5 Å². The smallest absolute Gasteiger partial charge is 0.329 e. The third-order valence-electron chi connectivity index (χ3n) is 5.23. The molecule has 0 fully saturated rings. The number of esters is 1. The molecule has 0 saturated carbocycles. The van der Waals surface area contributed by atoms with Crippen molar-refractivity contribution in [1.82, 2.24) is 5.32 Å². The van der Waals surface area contributed by atoms with Crippen LogP contribution in [0, 0.1) is 6.92 Å². The quantitative estimate of drug-likeness (QED) is 0.309. The van der Waals surface area contributed by atoms with Gasteiger partial charge in [-0.15, -0.1) is 0 Å². The number of hydrogen-bond donors (Lipinski definition) is 2. The molecule has 190 valence electrons. The van der Waals surface area contributed by atoms with Gasteiger partial charge in [-0.1, -0.05) is 60.2 Å². The number of carbonyl (C=O) groups excluding carboxylic acids is 1. The summed E-state index contributed by atoms with van der Waals surface area (Å²) in [5.74, 6) is -0.497. The van der Waals surface area contributed by atoms with E-state index in [-0.39, 0.29) is 10.9 Å². The first-order valence-electron chi connectivity index (χ1n) is 11.6. The zero-order valence-corrected chi connectivity index (χ0v) is 22.6. The molecule has 0 aromatic heterocycles. The van der Waals surface area contributed by atoms with E-state index in [4.69, 9.17) is 17.0 Å². The molecule has 8 heteroatoms. The zero-order chi connectivity index (χ0) is 26.3. The van der Waals surface area contributed by atoms with Gasteiger partial charge in [0.1, 0.15) is 11.6 Å². The molecule has 0 saturated heterocycles. The van der Waals surface area contributed by atoms with Gasteiger partial charge in [-0.2, -0.15) is 0 Å². The average molecular weight is 525 g/mol. The second-order valence-electron chi connectivity index (χ2n) is 9.64. The lowest BCUT2D eigenvalue weighted by Gasteiger charge is -2.25. The van der Waals surface area contributed by atoms with Crippen molar-refractivity contribution in [2.75, 3.05) is 5.32 Å². The van der Waals surface area contributed by atoms with E-state index in [1.165, 1.54) is 0 Å². The molecule has 3 aromatic rings. The van der Waals surface area contributed by atoms with Crippen LogP contribution < -0.4 is 10.6 Å². The molecule has 3 aromatic carbocycles. The Bertz CT molecular complexity index is 1280. The van der Waals surface area contributed by atoms with Gasteiger partial charge in [0.25, 0.3) is 0 Å². The van der Waals surface area contributed by atoms with Gasteiger partial charge in [-0.25, -0.2) is 13.2 Å². The van der Waals surface area contributed by atoms with Crippen molar-refractivity contribution >= 4 is 38.8 Å². The summed E-state index contributed by atoms with van der Waals surface area (Å²) >= 11 is 5.46. The Morgan fingerprint density at radius 1 is 0.917 bits per heavy atom. The lowest BCUT2D eigenvalue weighted by molar-refractivity contribution is -0.157. The van der Waals surface area contributed by atoms with Crippen molar-refractivity contribution in [3.8, 4) is 0 Å². The topological polar surface area (TPSA) is 84.5 Å². The molecule has 0 spiro atoms. The normalized spacial score (nSPS) is 12.4. The Labute approximate surface area is 219 Å². The van der Waals surface area contributed by atoms with Crippen LogP contribution in [-0.4, -0.2) is 31.1 Å². The van der Waals surface area contributed by atoms with E-state index in [2.05, 4.69) is 10.6 Å². The Balaban J connectivity index is 1.65. The van der Waals surface area contributed by atoms with E-state index >= 15 is 0 Å². The van der Waals surface area contributed by atoms with Gasteiger partial charge >= 0.3 is 5.97 Å². The molecule has 0 unspecified atom stereocenters. The summed E-state index contributed by atoms with van der Waals surface area (Å²) in [6.07, 6.45) is 0.410. The first-order valence-corrected chi connectivity index (χ1v) is 13.7. The Kier molecular flexibility index (Phi) is 8.87. The molecule has 0 heterocycles. The van der Waals surface area contributed by atoms with Crippen molar-refractivity contribution < 1.29 is 17.9 Å². The predicted molar refractivity (Wildman–Crippen MR) is 148 cm³/mol. The maximum Gasteiger partial charge on any atom is 0.329 e. The van der Waals surface area contributed by atoms with Gasteiger partial charge in [0.15, 0.2) is 14.9 Å². The minimum Gasteiger partial charge on any atom is -0.458 e. The van der Waals surface area contributed by atoms with Crippen molar-refractivity contribution in [3.05, 3.63) is 95.6 Å². The maximum atomic E-state index is 12.8. The molecular formula is C28H32N2O4S2. The lowest BCUT2D eigenvalue weighted by atomic mass is 10.1. The summed E-state index contributed by atoms with van der Waals surface area (Å²) in [5.41, 5.74) is 2.69. The van der Waals surface area contributed by atoms with Gasteiger partial charge in [-0.05, 0) is 75.3 Å². The van der Waals surface area contributed by atoms with Crippen LogP contribution in [-0.2, 0) is 31.5 Å². The molecule has 0 aliphatic carbocycles. The van der Waals surface area contributed by atoms with Crippen LogP contribution in [0.25, 0.3) is 0 Å². The van der Waals surface area contributed by atoms with E-state index in [1.54, 1.807) is 48.5 Å². The predicted octanol–water partition coefficient (Wildman–Crippen LogP) is 5.21. The summed E-state index contributed by atoms with van der Waals surface area (Å²) in [5, 5.41) is 6.40. The van der Waals surface area contributed by atoms with E-state index < -0.39 is 27.4 Å². The number of aryl methyl sites for hydroxylation is 1. The Hall–Kier alpha value is -3.23.